The second-order valence-corrected chi connectivity index (χ2v) is 6.42. The standard InChI is InChI=1S/C17H20N4O4S/c1-10-6-15(22)19-17(18-10)21-20-11(2)12-4-5-14(25-3)13(7-12)8-26-9-16(23)24/h4-7H,8-9H2,1-3H3,(H,23,24)(H2,18,19,21,22)/p-1/b20-11-. The molecule has 0 aliphatic carbocycles. The van der Waals surface area contributed by atoms with Crippen LogP contribution in [0.5, 0.6) is 5.75 Å². The maximum Gasteiger partial charge on any atom is 0.252 e. The first-order valence-electron chi connectivity index (χ1n) is 7.72. The zero-order valence-corrected chi connectivity index (χ0v) is 15.5. The summed E-state index contributed by atoms with van der Waals surface area (Å²) in [4.78, 5) is 28.7. The van der Waals surface area contributed by atoms with Gasteiger partial charge in [0.2, 0.25) is 5.95 Å². The van der Waals surface area contributed by atoms with Crippen molar-refractivity contribution in [1.82, 2.24) is 9.97 Å². The Bertz CT molecular complexity index is 879. The number of H-pyrrole nitrogens is 1. The van der Waals surface area contributed by atoms with Gasteiger partial charge in [0.15, 0.2) is 0 Å². The van der Waals surface area contributed by atoms with Crippen molar-refractivity contribution in [2.24, 2.45) is 5.10 Å². The van der Waals surface area contributed by atoms with E-state index >= 15 is 0 Å². The van der Waals surface area contributed by atoms with Gasteiger partial charge < -0.3 is 14.6 Å². The summed E-state index contributed by atoms with van der Waals surface area (Å²) in [7, 11) is 1.56. The van der Waals surface area contributed by atoms with Gasteiger partial charge in [-0.3, -0.25) is 9.78 Å². The summed E-state index contributed by atoms with van der Waals surface area (Å²) >= 11 is 1.23. The average Bonchev–Trinajstić information content (AvgIpc) is 2.58. The van der Waals surface area contributed by atoms with Crippen molar-refractivity contribution in [3.8, 4) is 5.75 Å². The van der Waals surface area contributed by atoms with Crippen LogP contribution in [0.3, 0.4) is 0 Å². The Balaban J connectivity index is 2.17. The van der Waals surface area contributed by atoms with E-state index in [-0.39, 0.29) is 17.3 Å². The molecule has 0 amide bonds. The van der Waals surface area contributed by atoms with Gasteiger partial charge in [0, 0.05) is 28.8 Å². The largest absolute Gasteiger partial charge is 0.549 e. The minimum atomic E-state index is -1.10. The Labute approximate surface area is 154 Å². The smallest absolute Gasteiger partial charge is 0.252 e. The van der Waals surface area contributed by atoms with Crippen molar-refractivity contribution in [2.45, 2.75) is 19.6 Å². The number of benzene rings is 1. The van der Waals surface area contributed by atoms with Crippen LogP contribution in [-0.2, 0) is 10.5 Å². The number of aliphatic carboxylic acids is 1. The molecule has 2 rings (SSSR count). The zero-order valence-electron chi connectivity index (χ0n) is 14.7. The molecule has 0 fully saturated rings. The summed E-state index contributed by atoms with van der Waals surface area (Å²) in [5.41, 5.74) is 5.41. The fraction of sp³-hybridized carbons (Fsp3) is 0.294. The van der Waals surface area contributed by atoms with E-state index in [2.05, 4.69) is 20.5 Å². The van der Waals surface area contributed by atoms with Crippen molar-refractivity contribution in [3.63, 3.8) is 0 Å². The van der Waals surface area contributed by atoms with Gasteiger partial charge in [0.1, 0.15) is 5.75 Å². The van der Waals surface area contributed by atoms with Gasteiger partial charge in [-0.25, -0.2) is 10.4 Å². The number of aromatic nitrogens is 2. The molecule has 0 saturated heterocycles. The normalized spacial score (nSPS) is 11.3. The summed E-state index contributed by atoms with van der Waals surface area (Å²) in [5, 5.41) is 14.8. The number of anilines is 1. The number of aryl methyl sites for hydroxylation is 1. The molecule has 1 aromatic heterocycles. The number of methoxy groups -OCH3 is 1. The highest BCUT2D eigenvalue weighted by atomic mass is 32.2. The number of carbonyl (C=O) groups excluding carboxylic acids is 1. The highest BCUT2D eigenvalue weighted by molar-refractivity contribution is 7.99. The fourth-order valence-electron chi connectivity index (χ4n) is 2.19. The summed E-state index contributed by atoms with van der Waals surface area (Å²) < 4.78 is 5.31. The third kappa shape index (κ3) is 5.62. The van der Waals surface area contributed by atoms with E-state index in [4.69, 9.17) is 4.74 Å². The molecule has 138 valence electrons. The number of hydrazone groups is 1. The van der Waals surface area contributed by atoms with Crippen LogP contribution in [0.25, 0.3) is 0 Å². The molecule has 0 unspecified atom stereocenters. The Morgan fingerprint density at radius 2 is 2.19 bits per heavy atom. The monoisotopic (exact) mass is 375 g/mol. The molecule has 0 radical (unpaired) electrons. The van der Waals surface area contributed by atoms with Gasteiger partial charge in [-0.05, 0) is 37.6 Å². The molecule has 2 N–H and O–H groups in total. The van der Waals surface area contributed by atoms with Crippen LogP contribution in [0.15, 0.2) is 34.2 Å². The van der Waals surface area contributed by atoms with Crippen molar-refractivity contribution >= 4 is 29.4 Å². The molecular formula is C17H19N4O4S-. The van der Waals surface area contributed by atoms with Gasteiger partial charge in [-0.1, -0.05) is 0 Å². The van der Waals surface area contributed by atoms with E-state index in [0.717, 1.165) is 11.1 Å². The molecule has 26 heavy (non-hydrogen) atoms. The quantitative estimate of drug-likeness (QED) is 0.520. The second-order valence-electron chi connectivity index (χ2n) is 5.44. The number of rotatable bonds is 8. The molecule has 0 saturated carbocycles. The number of hydrogen-bond acceptors (Lipinski definition) is 8. The highest BCUT2D eigenvalue weighted by Crippen LogP contribution is 2.25. The maximum atomic E-state index is 11.4. The molecule has 8 nitrogen and oxygen atoms in total. The van der Waals surface area contributed by atoms with Crippen molar-refractivity contribution in [1.29, 1.82) is 0 Å². The van der Waals surface area contributed by atoms with Crippen molar-refractivity contribution in [3.05, 3.63) is 51.4 Å². The maximum absolute atomic E-state index is 11.4. The van der Waals surface area contributed by atoms with E-state index in [1.807, 2.05) is 12.1 Å². The van der Waals surface area contributed by atoms with Gasteiger partial charge >= 0.3 is 0 Å². The van der Waals surface area contributed by atoms with Crippen LogP contribution in [0.2, 0.25) is 0 Å². The Kier molecular flexibility index (Phi) is 6.79. The lowest BCUT2D eigenvalue weighted by Crippen LogP contribution is -2.24. The molecule has 2 aromatic rings. The Morgan fingerprint density at radius 1 is 1.42 bits per heavy atom. The molecule has 1 heterocycles. The second kappa shape index (κ2) is 9.04. The number of carbonyl (C=O) groups is 1. The summed E-state index contributed by atoms with van der Waals surface area (Å²) in [6, 6.07) is 6.92. The number of nitrogens with one attached hydrogen (secondary N) is 2. The number of thioether (sulfide) groups is 1. The summed E-state index contributed by atoms with van der Waals surface area (Å²) in [5.74, 6) is 0.205. The SMILES string of the molecule is COc1ccc(/C(C)=N\Nc2nc(C)cc(=O)[nH]2)cc1CSCC(=O)[O-]. The van der Waals surface area contributed by atoms with Crippen LogP contribution in [0, 0.1) is 6.92 Å². The summed E-state index contributed by atoms with van der Waals surface area (Å²) in [6.45, 7) is 3.53. The van der Waals surface area contributed by atoms with Gasteiger partial charge in [-0.2, -0.15) is 16.9 Å². The highest BCUT2D eigenvalue weighted by Gasteiger charge is 2.07. The minimum absolute atomic E-state index is 0.0889. The molecule has 0 aliphatic rings. The lowest BCUT2D eigenvalue weighted by Gasteiger charge is -2.11. The predicted molar refractivity (Wildman–Crippen MR) is 99.6 cm³/mol. The van der Waals surface area contributed by atoms with Crippen LogP contribution in [0.1, 0.15) is 23.7 Å². The van der Waals surface area contributed by atoms with Crippen LogP contribution in [-0.4, -0.2) is 34.5 Å². The van der Waals surface area contributed by atoms with Crippen molar-refractivity contribution in [2.75, 3.05) is 18.3 Å². The lowest BCUT2D eigenvalue weighted by atomic mass is 10.1. The number of aromatic amines is 1. The number of carboxylic acid groups (broad SMARTS) is 1. The van der Waals surface area contributed by atoms with Crippen molar-refractivity contribution < 1.29 is 14.6 Å². The van der Waals surface area contributed by atoms with Crippen LogP contribution >= 0.6 is 11.8 Å². The molecule has 9 heteroatoms. The first kappa shape index (κ1) is 19.5. The topological polar surface area (TPSA) is 120 Å². The van der Waals surface area contributed by atoms with Crippen LogP contribution < -0.4 is 20.8 Å². The number of carboxylic acids is 1. The molecular weight excluding hydrogens is 356 g/mol. The first-order chi connectivity index (χ1) is 12.4. The van der Waals surface area contributed by atoms with Crippen LogP contribution in [0.4, 0.5) is 5.95 Å². The van der Waals surface area contributed by atoms with Gasteiger partial charge in [0.05, 0.1) is 18.8 Å². The van der Waals surface area contributed by atoms with E-state index in [1.165, 1.54) is 17.8 Å². The first-order valence-corrected chi connectivity index (χ1v) is 8.87. The lowest BCUT2D eigenvalue weighted by molar-refractivity contribution is -0.301. The average molecular weight is 375 g/mol. The zero-order chi connectivity index (χ0) is 19.1. The molecule has 0 atom stereocenters. The fourth-order valence-corrected chi connectivity index (χ4v) is 2.91. The Hall–Kier alpha value is -2.81. The number of ether oxygens (including phenoxy) is 1. The minimum Gasteiger partial charge on any atom is -0.549 e. The number of hydrogen-bond donors (Lipinski definition) is 2. The predicted octanol–water partition coefficient (Wildman–Crippen LogP) is 0.906. The molecule has 0 spiro atoms. The Morgan fingerprint density at radius 3 is 2.85 bits per heavy atom. The van der Waals surface area contributed by atoms with E-state index in [0.29, 0.717) is 22.9 Å². The van der Waals surface area contributed by atoms with E-state index in [9.17, 15) is 14.7 Å². The van der Waals surface area contributed by atoms with Gasteiger partial charge in [-0.15, -0.1) is 0 Å². The molecule has 0 aliphatic heterocycles. The third-order valence-corrected chi connectivity index (χ3v) is 4.33. The van der Waals surface area contributed by atoms with Gasteiger partial charge in [0.25, 0.3) is 5.56 Å². The number of nitrogens with zero attached hydrogens (tertiary/aromatic N) is 2. The van der Waals surface area contributed by atoms with E-state index in [1.54, 1.807) is 27.0 Å². The molecule has 1 aromatic carbocycles. The summed E-state index contributed by atoms with van der Waals surface area (Å²) in [6.07, 6.45) is 0. The third-order valence-electron chi connectivity index (χ3n) is 3.37. The van der Waals surface area contributed by atoms with E-state index < -0.39 is 5.97 Å². The molecule has 0 bridgehead atoms.